The largest absolute Gasteiger partial charge is 0.461 e. The average molecular weight is 360 g/mol. The van der Waals surface area contributed by atoms with Gasteiger partial charge in [-0.3, -0.25) is 0 Å². The van der Waals surface area contributed by atoms with E-state index in [-0.39, 0.29) is 5.57 Å². The van der Waals surface area contributed by atoms with Crippen LogP contribution in [0.25, 0.3) is 6.08 Å². The highest BCUT2D eigenvalue weighted by atomic mass is 32.3. The van der Waals surface area contributed by atoms with Gasteiger partial charge in [-0.25, -0.2) is 4.79 Å². The van der Waals surface area contributed by atoms with Crippen LogP contribution < -0.4 is 0 Å². The smallest absolute Gasteiger partial charge is 0.333 e. The molecule has 0 heterocycles. The lowest BCUT2D eigenvalue weighted by Crippen LogP contribution is -2.20. The van der Waals surface area contributed by atoms with Crippen LogP contribution in [-0.2, 0) is 33.4 Å². The summed E-state index contributed by atoms with van der Waals surface area (Å²) in [6.07, 6.45) is 1.20. The Morgan fingerprint density at radius 3 is 2.35 bits per heavy atom. The molecular formula is C14H16O7S2. The molecule has 0 bridgehead atoms. The van der Waals surface area contributed by atoms with Crippen LogP contribution >= 0.6 is 0 Å². The maximum Gasteiger partial charge on any atom is 0.333 e. The molecule has 1 aromatic rings. The van der Waals surface area contributed by atoms with Gasteiger partial charge in [0.2, 0.25) is 0 Å². The lowest BCUT2D eigenvalue weighted by atomic mass is 10.2. The number of rotatable bonds is 8. The first-order valence-electron chi connectivity index (χ1n) is 6.36. The summed E-state index contributed by atoms with van der Waals surface area (Å²) in [6, 6.07) is 8.41. The number of hydrogen-bond donors (Lipinski definition) is 0. The van der Waals surface area contributed by atoms with Crippen LogP contribution in [0.2, 0.25) is 0 Å². The summed E-state index contributed by atoms with van der Waals surface area (Å²) < 4.78 is 55.1. The van der Waals surface area contributed by atoms with Gasteiger partial charge in [-0.1, -0.05) is 36.9 Å². The van der Waals surface area contributed by atoms with Crippen LogP contribution in [0.3, 0.4) is 0 Å². The normalized spacial score (nSPS) is 12.2. The van der Waals surface area contributed by atoms with Gasteiger partial charge in [-0.05, 0) is 18.6 Å². The van der Waals surface area contributed by atoms with Crippen LogP contribution in [0.15, 0.2) is 47.9 Å². The Bertz CT molecular complexity index is 791. The average Bonchev–Trinajstić information content (AvgIpc) is 2.45. The Hall–Kier alpha value is -1.97. The molecule has 0 aromatic heterocycles. The topological polar surface area (TPSA) is 104 Å². The molecule has 0 spiro atoms. The van der Waals surface area contributed by atoms with Gasteiger partial charge in [0.05, 0.1) is 5.41 Å². The number of esters is 1. The monoisotopic (exact) mass is 360 g/mol. The number of hydrogen-bond acceptors (Lipinski definition) is 7. The summed E-state index contributed by atoms with van der Waals surface area (Å²) in [5.74, 6) is -1.56. The molecule has 1 rings (SSSR count). The second-order valence-corrected chi connectivity index (χ2v) is 7.78. The summed E-state index contributed by atoms with van der Waals surface area (Å²) >= 11 is 0. The quantitative estimate of drug-likeness (QED) is 0.510. The maximum atomic E-state index is 11.6. The predicted molar refractivity (Wildman–Crippen MR) is 85.0 cm³/mol. The Balaban J connectivity index is 2.63. The van der Waals surface area contributed by atoms with Gasteiger partial charge in [0.15, 0.2) is 0 Å². The predicted octanol–water partition coefficient (Wildman–Crippen LogP) is 1.45. The van der Waals surface area contributed by atoms with Crippen molar-refractivity contribution < 1.29 is 30.0 Å². The number of ether oxygens (including phenoxy) is 1. The summed E-state index contributed by atoms with van der Waals surface area (Å²) in [5.41, 5.74) is 0.661. The zero-order chi connectivity index (χ0) is 17.5. The van der Waals surface area contributed by atoms with Crippen molar-refractivity contribution in [1.29, 1.82) is 0 Å². The third-order valence-corrected chi connectivity index (χ3v) is 5.06. The van der Waals surface area contributed by atoms with E-state index < -0.39 is 38.6 Å². The Labute approximate surface area is 135 Å². The first-order chi connectivity index (χ1) is 10.6. The standard InChI is InChI=1S/C14H16O7S2/c1-12(2)14(15)20-9-11-23(18,19)21-22(16,17)10-8-13-6-4-3-5-7-13/h3-8,10H,1,9,11H2,2H3. The van der Waals surface area contributed by atoms with Crippen molar-refractivity contribution in [1.82, 2.24) is 0 Å². The Morgan fingerprint density at radius 1 is 1.17 bits per heavy atom. The molecule has 0 fully saturated rings. The van der Waals surface area contributed by atoms with E-state index in [1.165, 1.54) is 13.0 Å². The fourth-order valence-electron chi connectivity index (χ4n) is 1.29. The van der Waals surface area contributed by atoms with Gasteiger partial charge in [-0.15, -0.1) is 3.63 Å². The first kappa shape index (κ1) is 19.1. The number of benzene rings is 1. The fraction of sp³-hybridized carbons (Fsp3) is 0.214. The maximum absolute atomic E-state index is 11.6. The lowest BCUT2D eigenvalue weighted by molar-refractivity contribution is -0.138. The first-order valence-corrected chi connectivity index (χ1v) is 9.41. The molecule has 0 amide bonds. The van der Waals surface area contributed by atoms with Crippen LogP contribution in [0, 0.1) is 0 Å². The summed E-state index contributed by atoms with van der Waals surface area (Å²) in [7, 11) is -8.84. The van der Waals surface area contributed by atoms with Crippen molar-refractivity contribution in [2.45, 2.75) is 6.92 Å². The molecule has 9 heteroatoms. The van der Waals surface area contributed by atoms with Crippen molar-refractivity contribution in [2.75, 3.05) is 12.4 Å². The molecule has 0 atom stereocenters. The van der Waals surface area contributed by atoms with E-state index >= 15 is 0 Å². The Morgan fingerprint density at radius 2 is 1.78 bits per heavy atom. The zero-order valence-electron chi connectivity index (χ0n) is 12.3. The third-order valence-electron chi connectivity index (χ3n) is 2.34. The third kappa shape index (κ3) is 7.73. The molecular weight excluding hydrogens is 344 g/mol. The molecule has 0 saturated carbocycles. The molecule has 0 unspecified atom stereocenters. The molecule has 0 radical (unpaired) electrons. The summed E-state index contributed by atoms with van der Waals surface area (Å²) in [6.45, 7) is 4.18. The van der Waals surface area contributed by atoms with Gasteiger partial charge in [0, 0.05) is 5.57 Å². The number of carbonyl (C=O) groups excluding carboxylic acids is 1. The molecule has 1 aromatic carbocycles. The summed E-state index contributed by atoms with van der Waals surface area (Å²) in [4.78, 5) is 11.1. The number of carbonyl (C=O) groups is 1. The van der Waals surface area contributed by atoms with E-state index in [0.29, 0.717) is 11.0 Å². The van der Waals surface area contributed by atoms with E-state index in [1.54, 1.807) is 30.3 Å². The van der Waals surface area contributed by atoms with Crippen molar-refractivity contribution in [3.8, 4) is 0 Å². The second-order valence-electron chi connectivity index (χ2n) is 4.45. The van der Waals surface area contributed by atoms with Gasteiger partial charge in [-0.2, -0.15) is 16.8 Å². The molecule has 0 aliphatic carbocycles. The van der Waals surface area contributed by atoms with E-state index in [1.807, 2.05) is 0 Å². The van der Waals surface area contributed by atoms with Gasteiger partial charge in [0.25, 0.3) is 10.1 Å². The van der Waals surface area contributed by atoms with Crippen molar-refractivity contribution in [3.63, 3.8) is 0 Å². The molecule has 23 heavy (non-hydrogen) atoms. The van der Waals surface area contributed by atoms with Crippen LogP contribution in [0.5, 0.6) is 0 Å². The zero-order valence-corrected chi connectivity index (χ0v) is 14.0. The van der Waals surface area contributed by atoms with Gasteiger partial charge >= 0.3 is 16.1 Å². The van der Waals surface area contributed by atoms with E-state index in [0.717, 1.165) is 0 Å². The fourth-order valence-corrected chi connectivity index (χ4v) is 3.51. The molecule has 7 nitrogen and oxygen atoms in total. The van der Waals surface area contributed by atoms with Gasteiger partial charge in [0.1, 0.15) is 12.4 Å². The van der Waals surface area contributed by atoms with Crippen molar-refractivity contribution >= 4 is 32.3 Å². The minimum atomic E-state index is -4.43. The van der Waals surface area contributed by atoms with E-state index in [4.69, 9.17) is 0 Å². The summed E-state index contributed by atoms with van der Waals surface area (Å²) in [5, 5.41) is 0.639. The minimum Gasteiger partial charge on any atom is -0.461 e. The van der Waals surface area contributed by atoms with Crippen molar-refractivity contribution in [2.24, 2.45) is 0 Å². The highest BCUT2D eigenvalue weighted by Crippen LogP contribution is 2.08. The minimum absolute atomic E-state index is 0.0988. The molecule has 126 valence electrons. The molecule has 0 aliphatic rings. The second kappa shape index (κ2) is 8.04. The van der Waals surface area contributed by atoms with Crippen LogP contribution in [-0.4, -0.2) is 35.2 Å². The lowest BCUT2D eigenvalue weighted by Gasteiger charge is -2.05. The molecule has 0 aliphatic heterocycles. The van der Waals surface area contributed by atoms with Crippen LogP contribution in [0.1, 0.15) is 12.5 Å². The van der Waals surface area contributed by atoms with Crippen LogP contribution in [0.4, 0.5) is 0 Å². The SMILES string of the molecule is C=C(C)C(=O)OCCS(=O)(=O)OS(=O)(=O)C=Cc1ccccc1. The Kier molecular flexibility index (Phi) is 6.67. The highest BCUT2D eigenvalue weighted by Gasteiger charge is 2.21. The van der Waals surface area contributed by atoms with E-state index in [9.17, 15) is 21.6 Å². The molecule has 0 N–H and O–H groups in total. The van der Waals surface area contributed by atoms with Gasteiger partial charge < -0.3 is 4.74 Å². The molecule has 0 saturated heterocycles. The van der Waals surface area contributed by atoms with E-state index in [2.05, 4.69) is 14.9 Å². The van der Waals surface area contributed by atoms with Crippen molar-refractivity contribution in [3.05, 3.63) is 53.5 Å². The highest BCUT2D eigenvalue weighted by molar-refractivity contribution is 8.01.